The number of benzene rings is 10. The quantitative estimate of drug-likeness (QED) is 0.137. The van der Waals surface area contributed by atoms with Crippen molar-refractivity contribution < 1.29 is 8.42 Å². The van der Waals surface area contributed by atoms with E-state index in [4.69, 9.17) is 0 Å². The van der Waals surface area contributed by atoms with Crippen LogP contribution >= 0.6 is 45.3 Å². The Balaban J connectivity index is 0.761. The molecular formula is C68H42O2S5. The van der Waals surface area contributed by atoms with Crippen molar-refractivity contribution in [2.75, 3.05) is 0 Å². The molecular weight excluding hydrogens is 1010 g/mol. The number of sulfone groups is 1. The van der Waals surface area contributed by atoms with Gasteiger partial charge >= 0.3 is 0 Å². The van der Waals surface area contributed by atoms with Crippen LogP contribution in [0.15, 0.2) is 263 Å². The first-order chi connectivity index (χ1) is 36.9. The van der Waals surface area contributed by atoms with Gasteiger partial charge in [0.05, 0.1) is 9.79 Å². The van der Waals surface area contributed by atoms with Crippen LogP contribution in [0.2, 0.25) is 0 Å². The Labute approximate surface area is 451 Å². The Bertz CT molecular complexity index is 4080. The zero-order valence-corrected chi connectivity index (χ0v) is 44.2. The fourth-order valence-corrected chi connectivity index (χ4v) is 16.5. The lowest BCUT2D eigenvalue weighted by Gasteiger charge is -2.12. The van der Waals surface area contributed by atoms with E-state index in [2.05, 4.69) is 205 Å². The van der Waals surface area contributed by atoms with E-state index in [9.17, 15) is 8.42 Å². The van der Waals surface area contributed by atoms with Gasteiger partial charge in [-0.15, -0.1) is 45.3 Å². The van der Waals surface area contributed by atoms with E-state index < -0.39 is 9.84 Å². The first kappa shape index (κ1) is 45.6. The van der Waals surface area contributed by atoms with Crippen LogP contribution < -0.4 is 0 Å². The van der Waals surface area contributed by atoms with Crippen LogP contribution in [0.5, 0.6) is 0 Å². The summed E-state index contributed by atoms with van der Waals surface area (Å²) in [6.07, 6.45) is 0. The summed E-state index contributed by atoms with van der Waals surface area (Å²) in [5.41, 5.74) is 16.1. The maximum atomic E-state index is 14.2. The van der Waals surface area contributed by atoms with E-state index in [1.807, 2.05) is 46.9 Å². The van der Waals surface area contributed by atoms with E-state index in [-0.39, 0.29) is 9.79 Å². The van der Waals surface area contributed by atoms with Gasteiger partial charge in [0.15, 0.2) is 0 Å². The Hall–Kier alpha value is -8.01. The van der Waals surface area contributed by atoms with E-state index in [0.29, 0.717) is 0 Å². The van der Waals surface area contributed by atoms with Gasteiger partial charge in [0.2, 0.25) is 9.84 Å². The smallest absolute Gasteiger partial charge is 0.206 e. The minimum atomic E-state index is -3.80. The third-order valence-corrected chi connectivity index (χ3v) is 20.4. The van der Waals surface area contributed by atoms with Crippen molar-refractivity contribution in [1.29, 1.82) is 0 Å². The lowest BCUT2D eigenvalue weighted by Crippen LogP contribution is -2.01. The van der Waals surface area contributed by atoms with Crippen molar-refractivity contribution >= 4 is 95.5 Å². The van der Waals surface area contributed by atoms with Crippen LogP contribution in [0.3, 0.4) is 0 Å². The van der Waals surface area contributed by atoms with Crippen LogP contribution in [-0.4, -0.2) is 8.42 Å². The summed E-state index contributed by atoms with van der Waals surface area (Å²) < 4.78 is 33.6. The standard InChI is InChI=1S/C68H42O2S5/c69-75(70,53-31-27-43(28-32-53)49-23-13-25-51(39-49)59-41-57-63(47-19-9-3-10-20-47)65-55(35-37-71-65)61(67(57)73-59)45-15-5-1-6-16-45)54-33-29-44(30-34-54)50-24-14-26-52(40-50)60-42-58-64(48-21-11-4-12-22-48)66-56(36-38-72-66)62(68(58)74-60)46-17-7-2-8-18-46/h1-42H. The molecule has 0 radical (unpaired) electrons. The molecule has 0 spiro atoms. The van der Waals surface area contributed by atoms with Crippen molar-refractivity contribution in [3.8, 4) is 87.6 Å². The van der Waals surface area contributed by atoms with Crippen molar-refractivity contribution in [3.63, 3.8) is 0 Å². The molecule has 0 amide bonds. The molecule has 0 aliphatic carbocycles. The number of hydrogen-bond donors (Lipinski definition) is 0. The highest BCUT2D eigenvalue weighted by molar-refractivity contribution is 7.91. The second-order valence-electron chi connectivity index (χ2n) is 18.7. The van der Waals surface area contributed by atoms with Crippen LogP contribution in [-0.2, 0) is 9.84 Å². The summed E-state index contributed by atoms with van der Waals surface area (Å²) in [6, 6.07) is 84.0. The number of fused-ring (bicyclic) bond motifs is 4. The second-order valence-corrected chi connectivity index (χ2v) is 24.6. The predicted octanol–water partition coefficient (Wildman–Crippen LogP) is 20.7. The zero-order valence-electron chi connectivity index (χ0n) is 40.1. The van der Waals surface area contributed by atoms with Gasteiger partial charge in [0.1, 0.15) is 0 Å². The van der Waals surface area contributed by atoms with Gasteiger partial charge in [-0.1, -0.05) is 182 Å². The highest BCUT2D eigenvalue weighted by Gasteiger charge is 2.24. The molecule has 0 saturated carbocycles. The molecule has 10 aromatic carbocycles. The van der Waals surface area contributed by atoms with Crippen molar-refractivity contribution in [2.45, 2.75) is 9.79 Å². The highest BCUT2D eigenvalue weighted by Crippen LogP contribution is 2.52. The van der Waals surface area contributed by atoms with Gasteiger partial charge in [-0.25, -0.2) is 8.42 Å². The summed E-state index contributed by atoms with van der Waals surface area (Å²) in [7, 11) is -3.80. The van der Waals surface area contributed by atoms with Crippen LogP contribution in [0.4, 0.5) is 0 Å². The summed E-state index contributed by atoms with van der Waals surface area (Å²) in [6.45, 7) is 0. The molecule has 0 fully saturated rings. The topological polar surface area (TPSA) is 34.1 Å². The zero-order chi connectivity index (χ0) is 50.0. The predicted molar refractivity (Wildman–Crippen MR) is 323 cm³/mol. The van der Waals surface area contributed by atoms with E-state index in [1.54, 1.807) is 46.9 Å². The van der Waals surface area contributed by atoms with Crippen LogP contribution in [0, 0.1) is 0 Å². The lowest BCUT2D eigenvalue weighted by atomic mass is 9.93. The molecule has 4 heterocycles. The molecule has 0 aliphatic heterocycles. The van der Waals surface area contributed by atoms with E-state index >= 15 is 0 Å². The first-order valence-electron chi connectivity index (χ1n) is 24.8. The van der Waals surface area contributed by atoms with Gasteiger partial charge in [-0.3, -0.25) is 0 Å². The summed E-state index contributed by atoms with van der Waals surface area (Å²) >= 11 is 7.26. The molecule has 0 saturated heterocycles. The minimum Gasteiger partial charge on any atom is -0.219 e. The molecule has 0 atom stereocenters. The van der Waals surface area contributed by atoms with Crippen LogP contribution in [0.25, 0.3) is 128 Å². The first-order valence-corrected chi connectivity index (χ1v) is 29.6. The monoisotopic (exact) mass is 1050 g/mol. The van der Waals surface area contributed by atoms with Crippen LogP contribution in [0.1, 0.15) is 0 Å². The van der Waals surface area contributed by atoms with Gasteiger partial charge in [0.25, 0.3) is 0 Å². The highest BCUT2D eigenvalue weighted by atomic mass is 32.2. The average Bonchev–Trinajstić information content (AvgIpc) is 4.34. The molecule has 0 bridgehead atoms. The summed E-state index contributed by atoms with van der Waals surface area (Å²) in [5, 5.41) is 9.46. The Morgan fingerprint density at radius 1 is 0.253 bits per heavy atom. The van der Waals surface area contributed by atoms with Gasteiger partial charge in [0, 0.05) is 72.4 Å². The molecule has 356 valence electrons. The minimum absolute atomic E-state index is 0.262. The molecule has 2 nitrogen and oxygen atoms in total. The molecule has 14 aromatic rings. The molecule has 0 N–H and O–H groups in total. The number of thiophene rings is 4. The van der Waals surface area contributed by atoms with Crippen molar-refractivity contribution in [2.24, 2.45) is 0 Å². The number of hydrogen-bond acceptors (Lipinski definition) is 6. The Morgan fingerprint density at radius 3 is 0.933 bits per heavy atom. The second kappa shape index (κ2) is 18.7. The lowest BCUT2D eigenvalue weighted by molar-refractivity contribution is 0.596. The molecule has 4 aromatic heterocycles. The Morgan fingerprint density at radius 2 is 0.573 bits per heavy atom. The molecule has 0 aliphatic rings. The van der Waals surface area contributed by atoms with Gasteiger partial charge < -0.3 is 0 Å². The molecule has 0 unspecified atom stereocenters. The third kappa shape index (κ3) is 7.98. The maximum Gasteiger partial charge on any atom is 0.206 e. The molecule has 7 heteroatoms. The SMILES string of the molecule is O=S(=O)(c1ccc(-c2cccc(-c3cc4c(-c5ccccc5)c5sccc5c(-c5ccccc5)c4s3)c2)cc1)c1ccc(-c2cccc(-c3cc4c(-c5ccccc5)c5sccc5c(-c5ccccc5)c4s3)c2)cc1. The molecule has 75 heavy (non-hydrogen) atoms. The summed E-state index contributed by atoms with van der Waals surface area (Å²) in [4.78, 5) is 2.89. The third-order valence-electron chi connectivity index (χ3n) is 14.3. The Kier molecular flexibility index (Phi) is 11.4. The normalized spacial score (nSPS) is 11.8. The van der Waals surface area contributed by atoms with Crippen molar-refractivity contribution in [3.05, 3.63) is 253 Å². The van der Waals surface area contributed by atoms with Crippen molar-refractivity contribution in [1.82, 2.24) is 0 Å². The van der Waals surface area contributed by atoms with Gasteiger partial charge in [-0.05, 0) is 127 Å². The average molecular weight is 1050 g/mol. The van der Waals surface area contributed by atoms with E-state index in [1.165, 1.54) is 94.6 Å². The summed E-state index contributed by atoms with van der Waals surface area (Å²) in [5.74, 6) is 0. The van der Waals surface area contributed by atoms with Gasteiger partial charge in [-0.2, -0.15) is 0 Å². The largest absolute Gasteiger partial charge is 0.219 e. The fourth-order valence-electron chi connectivity index (χ4n) is 10.8. The fraction of sp³-hybridized carbons (Fsp3) is 0. The maximum absolute atomic E-state index is 14.2. The number of rotatable bonds is 10. The van der Waals surface area contributed by atoms with E-state index in [0.717, 1.165) is 33.4 Å². The molecule has 14 rings (SSSR count).